The van der Waals surface area contributed by atoms with Crippen LogP contribution in [0.5, 0.6) is 0 Å². The molecule has 0 spiro atoms. The van der Waals surface area contributed by atoms with E-state index in [0.717, 1.165) is 42.4 Å². The van der Waals surface area contributed by atoms with Crippen LogP contribution in [-0.4, -0.2) is 67.3 Å². The molecule has 0 bridgehead atoms. The highest BCUT2D eigenvalue weighted by atomic mass is 32.2. The summed E-state index contributed by atoms with van der Waals surface area (Å²) in [6.07, 6.45) is 4.20. The zero-order chi connectivity index (χ0) is 24.8. The Labute approximate surface area is 206 Å². The normalized spacial score (nSPS) is 23.9. The van der Waals surface area contributed by atoms with Crippen molar-refractivity contribution in [1.29, 1.82) is 0 Å². The molecule has 2 aromatic rings. The third-order valence-corrected chi connectivity index (χ3v) is 9.43. The molecule has 186 valence electrons. The molecule has 0 saturated carbocycles. The van der Waals surface area contributed by atoms with E-state index in [0.29, 0.717) is 31.1 Å². The number of imide groups is 1. The monoisotopic (exact) mass is 496 g/mol. The van der Waals surface area contributed by atoms with E-state index in [4.69, 9.17) is 0 Å². The fourth-order valence-corrected chi connectivity index (χ4v) is 6.71. The largest absolute Gasteiger partial charge is 0.326 e. The van der Waals surface area contributed by atoms with Gasteiger partial charge in [-0.15, -0.1) is 0 Å². The van der Waals surface area contributed by atoms with Crippen molar-refractivity contribution in [3.8, 4) is 0 Å². The van der Waals surface area contributed by atoms with E-state index in [2.05, 4.69) is 5.32 Å². The predicted octanol–water partition coefficient (Wildman–Crippen LogP) is 2.60. The lowest BCUT2D eigenvalue weighted by Gasteiger charge is -2.35. The van der Waals surface area contributed by atoms with Gasteiger partial charge in [0, 0.05) is 26.2 Å². The maximum atomic E-state index is 13.3. The number of urea groups is 1. The number of nitrogens with one attached hydrogen (secondary N) is 1. The Morgan fingerprint density at radius 2 is 1.57 bits per heavy atom. The number of amides is 3. The van der Waals surface area contributed by atoms with Crippen molar-refractivity contribution < 1.29 is 18.0 Å². The molecule has 0 unspecified atom stereocenters. The summed E-state index contributed by atoms with van der Waals surface area (Å²) >= 11 is 0. The van der Waals surface area contributed by atoms with Crippen molar-refractivity contribution in [2.24, 2.45) is 0 Å². The van der Waals surface area contributed by atoms with E-state index in [9.17, 15) is 18.0 Å². The lowest BCUT2D eigenvalue weighted by Crippen LogP contribution is -2.52. The maximum Gasteiger partial charge on any atom is 0.326 e. The first-order chi connectivity index (χ1) is 16.7. The number of carbonyl (C=O) groups excluding carboxylic acids is 2. The van der Waals surface area contributed by atoms with Gasteiger partial charge in [-0.25, -0.2) is 18.1 Å². The number of fused-ring (bicyclic) bond motifs is 1. The van der Waals surface area contributed by atoms with E-state index in [1.807, 2.05) is 48.2 Å². The third-order valence-electron chi connectivity index (χ3n) is 7.53. The van der Waals surface area contributed by atoms with Crippen LogP contribution >= 0.6 is 0 Å². The summed E-state index contributed by atoms with van der Waals surface area (Å²) in [7, 11) is -3.58. The zero-order valence-electron chi connectivity index (χ0n) is 20.3. The van der Waals surface area contributed by atoms with Gasteiger partial charge in [-0.1, -0.05) is 35.9 Å². The molecule has 2 aromatic carbocycles. The second-order valence-electron chi connectivity index (χ2n) is 9.96. The number of sulfonamides is 1. The molecule has 8 nitrogen and oxygen atoms in total. The van der Waals surface area contributed by atoms with Gasteiger partial charge in [0.25, 0.3) is 5.91 Å². The van der Waals surface area contributed by atoms with Crippen molar-refractivity contribution in [1.82, 2.24) is 19.4 Å². The van der Waals surface area contributed by atoms with Crippen molar-refractivity contribution in [3.05, 3.63) is 64.7 Å². The molecule has 5 rings (SSSR count). The first-order valence-corrected chi connectivity index (χ1v) is 13.7. The van der Waals surface area contributed by atoms with Gasteiger partial charge < -0.3 is 5.32 Å². The highest BCUT2D eigenvalue weighted by Gasteiger charge is 2.49. The highest BCUT2D eigenvalue weighted by Crippen LogP contribution is 2.30. The quantitative estimate of drug-likeness (QED) is 0.643. The van der Waals surface area contributed by atoms with Crippen molar-refractivity contribution >= 4 is 22.0 Å². The van der Waals surface area contributed by atoms with Crippen molar-refractivity contribution in [3.63, 3.8) is 0 Å². The topological polar surface area (TPSA) is 90.0 Å². The van der Waals surface area contributed by atoms with Crippen LogP contribution in [0, 0.1) is 6.92 Å². The summed E-state index contributed by atoms with van der Waals surface area (Å²) < 4.78 is 28.1. The molecule has 0 aromatic heterocycles. The van der Waals surface area contributed by atoms with E-state index < -0.39 is 21.6 Å². The lowest BCUT2D eigenvalue weighted by molar-refractivity contribution is -0.132. The molecule has 9 heteroatoms. The van der Waals surface area contributed by atoms with Gasteiger partial charge in [0.1, 0.15) is 5.54 Å². The van der Waals surface area contributed by atoms with Crippen LogP contribution in [0.25, 0.3) is 0 Å². The Morgan fingerprint density at radius 1 is 0.914 bits per heavy atom. The van der Waals surface area contributed by atoms with E-state index in [-0.39, 0.29) is 12.6 Å². The number of hydrogen-bond acceptors (Lipinski definition) is 5. The van der Waals surface area contributed by atoms with Crippen LogP contribution in [0.1, 0.15) is 42.0 Å². The Balaban J connectivity index is 1.23. The van der Waals surface area contributed by atoms with Crippen LogP contribution < -0.4 is 5.32 Å². The fraction of sp³-hybridized carbons (Fsp3) is 0.462. The Kier molecular flexibility index (Phi) is 6.19. The van der Waals surface area contributed by atoms with Gasteiger partial charge in [-0.3, -0.25) is 9.69 Å². The van der Waals surface area contributed by atoms with Gasteiger partial charge >= 0.3 is 6.03 Å². The maximum absolute atomic E-state index is 13.3. The predicted molar refractivity (Wildman–Crippen MR) is 132 cm³/mol. The van der Waals surface area contributed by atoms with E-state index in [1.165, 1.54) is 14.8 Å². The van der Waals surface area contributed by atoms with Gasteiger partial charge in [0.2, 0.25) is 10.0 Å². The van der Waals surface area contributed by atoms with Crippen LogP contribution in [0.3, 0.4) is 0 Å². The molecule has 1 N–H and O–H groups in total. The molecule has 2 heterocycles. The molecule has 2 saturated heterocycles. The number of rotatable bonds is 5. The Morgan fingerprint density at radius 3 is 2.26 bits per heavy atom. The third kappa shape index (κ3) is 4.37. The van der Waals surface area contributed by atoms with Gasteiger partial charge in [0.05, 0.1) is 11.6 Å². The molecule has 0 radical (unpaired) electrons. The Bertz CT molecular complexity index is 1250. The smallest absolute Gasteiger partial charge is 0.319 e. The lowest BCUT2D eigenvalue weighted by atomic mass is 9.91. The molecule has 2 aliphatic heterocycles. The minimum absolute atomic E-state index is 0.138. The minimum atomic E-state index is -3.58. The summed E-state index contributed by atoms with van der Waals surface area (Å²) in [5.41, 5.74) is 3.11. The minimum Gasteiger partial charge on any atom is -0.319 e. The Hall–Kier alpha value is -2.75. The van der Waals surface area contributed by atoms with Crippen LogP contribution in [0.15, 0.2) is 47.4 Å². The summed E-state index contributed by atoms with van der Waals surface area (Å²) in [5, 5.41) is 2.84. The second-order valence-corrected chi connectivity index (χ2v) is 11.9. The summed E-state index contributed by atoms with van der Waals surface area (Å²) in [5.74, 6) is -0.296. The SMILES string of the molecule is Cc1ccc([C@]2(C)NC(=O)N(CN3CCN(S(=O)(=O)c4ccc5c(c4)CCCC5)CC3)C2=O)cc1. The summed E-state index contributed by atoms with van der Waals surface area (Å²) in [6, 6.07) is 12.7. The first kappa shape index (κ1) is 24.0. The molecule has 1 aliphatic carbocycles. The van der Waals surface area contributed by atoms with Crippen molar-refractivity contribution in [2.75, 3.05) is 32.8 Å². The number of piperazine rings is 1. The fourth-order valence-electron chi connectivity index (χ4n) is 5.24. The molecule has 35 heavy (non-hydrogen) atoms. The number of aryl methyl sites for hydroxylation is 3. The average molecular weight is 497 g/mol. The first-order valence-electron chi connectivity index (χ1n) is 12.2. The number of nitrogens with zero attached hydrogens (tertiary/aromatic N) is 3. The number of benzene rings is 2. The second kappa shape index (κ2) is 9.04. The van der Waals surface area contributed by atoms with Gasteiger partial charge in [-0.05, 0) is 68.4 Å². The molecular weight excluding hydrogens is 464 g/mol. The van der Waals surface area contributed by atoms with Crippen LogP contribution in [0.2, 0.25) is 0 Å². The van der Waals surface area contributed by atoms with Crippen LogP contribution in [0.4, 0.5) is 4.79 Å². The number of hydrogen-bond donors (Lipinski definition) is 1. The van der Waals surface area contributed by atoms with Crippen molar-refractivity contribution in [2.45, 2.75) is 50.0 Å². The van der Waals surface area contributed by atoms with E-state index in [1.54, 1.807) is 13.0 Å². The number of carbonyl (C=O) groups is 2. The molecular formula is C26H32N4O4S. The average Bonchev–Trinajstić information content (AvgIpc) is 3.08. The highest BCUT2D eigenvalue weighted by molar-refractivity contribution is 7.89. The summed E-state index contributed by atoms with van der Waals surface area (Å²) in [4.78, 5) is 29.5. The summed E-state index contributed by atoms with van der Waals surface area (Å²) in [6.45, 7) is 5.36. The standard InChI is InChI=1S/C26H32N4O4S/c1-19-7-10-22(11-8-19)26(2)24(31)30(25(32)27-26)18-28-13-15-29(16-14-28)35(33,34)23-12-9-20-5-3-4-6-21(20)17-23/h7-12,17H,3-6,13-16,18H2,1-2H3,(H,27,32)/t26-/m0/s1. The van der Waals surface area contributed by atoms with Crippen LogP contribution in [-0.2, 0) is 33.2 Å². The van der Waals surface area contributed by atoms with Gasteiger partial charge in [0.15, 0.2) is 0 Å². The molecule has 3 aliphatic rings. The van der Waals surface area contributed by atoms with Gasteiger partial charge in [-0.2, -0.15) is 4.31 Å². The molecule has 1 atom stereocenters. The molecule has 2 fully saturated rings. The molecule has 3 amide bonds. The van der Waals surface area contributed by atoms with E-state index >= 15 is 0 Å². The zero-order valence-corrected chi connectivity index (χ0v) is 21.1.